The lowest BCUT2D eigenvalue weighted by Gasteiger charge is -2.54. The maximum Gasteiger partial charge on any atom is 0.347 e. The lowest BCUT2D eigenvalue weighted by molar-refractivity contribution is -0.825. The molecule has 3 heterocycles. The molecule has 3 amide bonds. The monoisotopic (exact) mass is 398 g/mol. The number of amides is 3. The first-order chi connectivity index (χ1) is 13.9. The smallest absolute Gasteiger partial charge is 0.347 e. The van der Waals surface area contributed by atoms with Crippen LogP contribution in [0.4, 0.5) is 5.69 Å². The first-order valence-corrected chi connectivity index (χ1v) is 10.4. The van der Waals surface area contributed by atoms with Gasteiger partial charge in [-0.1, -0.05) is 6.07 Å². The number of fused-ring (bicyclic) bond motifs is 1. The van der Waals surface area contributed by atoms with E-state index in [4.69, 9.17) is 0 Å². The summed E-state index contributed by atoms with van der Waals surface area (Å²) < 4.78 is -1.23. The van der Waals surface area contributed by atoms with Crippen LogP contribution in [0.2, 0.25) is 0 Å². The summed E-state index contributed by atoms with van der Waals surface area (Å²) in [4.78, 5) is 36.6. The second kappa shape index (κ2) is 6.62. The van der Waals surface area contributed by atoms with Crippen LogP contribution in [0.15, 0.2) is 18.2 Å². The first kappa shape index (κ1) is 18.7. The zero-order valence-corrected chi connectivity index (χ0v) is 16.3. The third-order valence-corrected chi connectivity index (χ3v) is 7.17. The largest absolute Gasteiger partial charge is 0.624 e. The molecule has 1 aromatic carbocycles. The van der Waals surface area contributed by atoms with Gasteiger partial charge in [0.1, 0.15) is 6.54 Å². The van der Waals surface area contributed by atoms with Crippen molar-refractivity contribution >= 4 is 23.4 Å². The van der Waals surface area contributed by atoms with Crippen molar-refractivity contribution in [3.63, 3.8) is 0 Å². The summed E-state index contributed by atoms with van der Waals surface area (Å²) in [5.74, 6) is -0.881. The van der Waals surface area contributed by atoms with Crippen LogP contribution in [0, 0.1) is 16.5 Å². The van der Waals surface area contributed by atoms with E-state index in [1.807, 2.05) is 6.07 Å². The number of imide groups is 1. The molecular weight excluding hydrogens is 372 g/mol. The standard InChI is InChI=1S/C21H26N4O4/c26-18-5-4-17(19(27)24-18)25(29)10-15-14(20(25)28)2-1-3-16(15)23-7-6-13-8-21(9-13)11-22-12-21/h1-3,13,17,22-23H,4-12H2,(H,24,26,27). The van der Waals surface area contributed by atoms with Crippen molar-refractivity contribution in [1.29, 1.82) is 0 Å². The number of benzene rings is 1. The number of rotatable bonds is 5. The Hall–Kier alpha value is -2.29. The lowest BCUT2D eigenvalue weighted by atomic mass is 9.58. The third-order valence-electron chi connectivity index (χ3n) is 7.17. The molecule has 154 valence electrons. The van der Waals surface area contributed by atoms with Crippen LogP contribution >= 0.6 is 0 Å². The van der Waals surface area contributed by atoms with Crippen molar-refractivity contribution in [2.75, 3.05) is 25.0 Å². The number of hydrogen-bond acceptors (Lipinski definition) is 6. The Morgan fingerprint density at radius 2 is 2.00 bits per heavy atom. The van der Waals surface area contributed by atoms with Crippen molar-refractivity contribution in [3.8, 4) is 0 Å². The number of piperidine rings is 1. The molecule has 4 aliphatic rings. The number of carbonyl (C=O) groups excluding carboxylic acids is 3. The lowest BCUT2D eigenvalue weighted by Crippen LogP contribution is -2.60. The predicted molar refractivity (Wildman–Crippen MR) is 105 cm³/mol. The van der Waals surface area contributed by atoms with E-state index in [0.717, 1.165) is 37.7 Å². The van der Waals surface area contributed by atoms with Gasteiger partial charge in [-0.15, -0.1) is 0 Å². The maximum absolute atomic E-state index is 13.4. The van der Waals surface area contributed by atoms with Gasteiger partial charge in [0.25, 0.3) is 5.91 Å². The van der Waals surface area contributed by atoms with Crippen LogP contribution in [0.25, 0.3) is 0 Å². The Balaban J connectivity index is 1.26. The summed E-state index contributed by atoms with van der Waals surface area (Å²) in [7, 11) is 0. The van der Waals surface area contributed by atoms with Crippen LogP contribution in [0.5, 0.6) is 0 Å². The van der Waals surface area contributed by atoms with Gasteiger partial charge >= 0.3 is 5.91 Å². The normalized spacial score (nSPS) is 30.5. The Kier molecular flexibility index (Phi) is 4.27. The summed E-state index contributed by atoms with van der Waals surface area (Å²) in [6.07, 6.45) is 3.83. The highest BCUT2D eigenvalue weighted by molar-refractivity contribution is 6.02. The highest BCUT2D eigenvalue weighted by Crippen LogP contribution is 2.49. The summed E-state index contributed by atoms with van der Waals surface area (Å²) in [6, 6.07) is 4.26. The van der Waals surface area contributed by atoms with Crippen LogP contribution in [-0.4, -0.2) is 48.0 Å². The van der Waals surface area contributed by atoms with Gasteiger partial charge in [0.2, 0.25) is 5.91 Å². The van der Waals surface area contributed by atoms with Crippen LogP contribution in [0.3, 0.4) is 0 Å². The Morgan fingerprint density at radius 1 is 1.21 bits per heavy atom. The number of carbonyl (C=O) groups is 3. The molecule has 3 fully saturated rings. The fourth-order valence-corrected chi connectivity index (χ4v) is 5.51. The van der Waals surface area contributed by atoms with Crippen molar-refractivity contribution in [3.05, 3.63) is 34.5 Å². The second-order valence-corrected chi connectivity index (χ2v) is 9.15. The zero-order chi connectivity index (χ0) is 20.2. The molecule has 3 aliphatic heterocycles. The number of quaternary nitrogens is 1. The van der Waals surface area contributed by atoms with E-state index < -0.39 is 22.5 Å². The van der Waals surface area contributed by atoms with Gasteiger partial charge in [-0.2, -0.15) is 0 Å². The first-order valence-electron chi connectivity index (χ1n) is 10.4. The fraction of sp³-hybridized carbons (Fsp3) is 0.571. The summed E-state index contributed by atoms with van der Waals surface area (Å²) in [5, 5.41) is 22.4. The van der Waals surface area contributed by atoms with Crippen molar-refractivity contribution in [1.82, 2.24) is 10.6 Å². The molecule has 0 aromatic heterocycles. The number of nitrogens with one attached hydrogen (secondary N) is 3. The molecule has 5 rings (SSSR count). The summed E-state index contributed by atoms with van der Waals surface area (Å²) in [5.41, 5.74) is 2.44. The van der Waals surface area contributed by atoms with Crippen LogP contribution in [0.1, 0.15) is 48.0 Å². The van der Waals surface area contributed by atoms with E-state index in [-0.39, 0.29) is 25.3 Å². The van der Waals surface area contributed by atoms with Gasteiger partial charge in [0.15, 0.2) is 6.04 Å². The highest BCUT2D eigenvalue weighted by atomic mass is 16.6. The molecule has 8 heteroatoms. The van der Waals surface area contributed by atoms with Crippen molar-refractivity contribution in [2.24, 2.45) is 11.3 Å². The highest BCUT2D eigenvalue weighted by Gasteiger charge is 2.50. The van der Waals surface area contributed by atoms with E-state index in [1.54, 1.807) is 12.1 Å². The van der Waals surface area contributed by atoms with Gasteiger partial charge in [0, 0.05) is 43.7 Å². The average molecular weight is 398 g/mol. The molecule has 29 heavy (non-hydrogen) atoms. The Morgan fingerprint density at radius 3 is 2.69 bits per heavy atom. The summed E-state index contributed by atoms with van der Waals surface area (Å²) >= 11 is 0. The SMILES string of the molecule is O=C1CCC([N+]2([O-])Cc3c(NCCC4CC5(CNC5)C4)cccc3C2=O)C(=O)N1. The Bertz CT molecular complexity index is 889. The van der Waals surface area contributed by atoms with Gasteiger partial charge in [-0.25, -0.2) is 4.79 Å². The zero-order valence-electron chi connectivity index (χ0n) is 16.3. The Labute approximate surface area is 169 Å². The number of hydroxylamine groups is 3. The van der Waals surface area contributed by atoms with E-state index >= 15 is 0 Å². The topological polar surface area (TPSA) is 110 Å². The molecule has 0 radical (unpaired) electrons. The number of nitrogens with zero attached hydrogens (tertiary/aromatic N) is 1. The summed E-state index contributed by atoms with van der Waals surface area (Å²) in [6.45, 7) is 3.03. The van der Waals surface area contributed by atoms with E-state index in [0.29, 0.717) is 16.5 Å². The molecule has 2 saturated heterocycles. The maximum atomic E-state index is 13.4. The minimum atomic E-state index is -1.23. The molecule has 1 aliphatic carbocycles. The quantitative estimate of drug-likeness (QED) is 0.391. The minimum absolute atomic E-state index is 0.0676. The molecule has 2 atom stereocenters. The van der Waals surface area contributed by atoms with E-state index in [1.165, 1.54) is 12.8 Å². The molecule has 1 aromatic rings. The van der Waals surface area contributed by atoms with Crippen LogP contribution in [-0.2, 0) is 16.1 Å². The molecule has 2 unspecified atom stereocenters. The van der Waals surface area contributed by atoms with Gasteiger partial charge in [-0.05, 0) is 42.7 Å². The third kappa shape index (κ3) is 2.97. The van der Waals surface area contributed by atoms with E-state index in [2.05, 4.69) is 16.0 Å². The minimum Gasteiger partial charge on any atom is -0.624 e. The fourth-order valence-electron chi connectivity index (χ4n) is 5.51. The number of hydrogen-bond donors (Lipinski definition) is 3. The molecule has 1 spiro atoms. The average Bonchev–Trinajstić information content (AvgIpc) is 2.88. The van der Waals surface area contributed by atoms with Gasteiger partial charge < -0.3 is 15.8 Å². The van der Waals surface area contributed by atoms with Crippen molar-refractivity contribution in [2.45, 2.75) is 44.7 Å². The second-order valence-electron chi connectivity index (χ2n) is 9.15. The van der Waals surface area contributed by atoms with Crippen molar-refractivity contribution < 1.29 is 19.0 Å². The molecule has 1 saturated carbocycles. The molecular formula is C21H26N4O4. The molecule has 8 nitrogen and oxygen atoms in total. The van der Waals surface area contributed by atoms with Crippen LogP contribution < -0.4 is 16.0 Å². The predicted octanol–water partition coefficient (Wildman–Crippen LogP) is 1.26. The molecule has 3 N–H and O–H groups in total. The number of anilines is 1. The van der Waals surface area contributed by atoms with E-state index in [9.17, 15) is 19.6 Å². The molecule has 0 bridgehead atoms. The van der Waals surface area contributed by atoms with Gasteiger partial charge in [-0.3, -0.25) is 19.6 Å². The van der Waals surface area contributed by atoms with Gasteiger partial charge in [0.05, 0.1) is 5.56 Å².